The third kappa shape index (κ3) is 3.19. The lowest BCUT2D eigenvalue weighted by molar-refractivity contribution is -0.124. The van der Waals surface area contributed by atoms with Crippen molar-refractivity contribution in [3.05, 3.63) is 23.9 Å². The Morgan fingerprint density at radius 1 is 1.42 bits per heavy atom. The van der Waals surface area contributed by atoms with Gasteiger partial charge >= 0.3 is 0 Å². The number of pyridine rings is 2. The van der Waals surface area contributed by atoms with E-state index in [4.69, 9.17) is 15.2 Å². The van der Waals surface area contributed by atoms with Gasteiger partial charge in [0.15, 0.2) is 0 Å². The van der Waals surface area contributed by atoms with Crippen LogP contribution in [0.4, 0.5) is 0 Å². The molecule has 2 aromatic heterocycles. The van der Waals surface area contributed by atoms with E-state index < -0.39 is 0 Å². The minimum atomic E-state index is -0.220. The van der Waals surface area contributed by atoms with Gasteiger partial charge in [0.1, 0.15) is 5.75 Å². The SMILES string of the molecule is COc1ccc2ncc3c(c2n1)CC(CN1CCCCC1C(N)=O)CO3. The number of rotatable bonds is 4. The van der Waals surface area contributed by atoms with Crippen molar-refractivity contribution in [1.82, 2.24) is 14.9 Å². The predicted molar refractivity (Wildman–Crippen MR) is 97.2 cm³/mol. The lowest BCUT2D eigenvalue weighted by Crippen LogP contribution is -2.50. The molecule has 7 heteroatoms. The molecular formula is C19H24N4O3. The summed E-state index contributed by atoms with van der Waals surface area (Å²) < 4.78 is 11.2. The van der Waals surface area contributed by atoms with Crippen molar-refractivity contribution in [3.8, 4) is 11.6 Å². The van der Waals surface area contributed by atoms with E-state index in [2.05, 4.69) is 14.9 Å². The zero-order valence-corrected chi connectivity index (χ0v) is 15.0. The highest BCUT2D eigenvalue weighted by Gasteiger charge is 2.31. The Bertz CT molecular complexity index is 821. The Balaban J connectivity index is 1.58. The highest BCUT2D eigenvalue weighted by Crippen LogP contribution is 2.33. The minimum absolute atomic E-state index is 0.155. The summed E-state index contributed by atoms with van der Waals surface area (Å²) in [6, 6.07) is 3.57. The molecule has 2 aliphatic rings. The maximum atomic E-state index is 11.8. The number of carbonyl (C=O) groups is 1. The molecule has 2 N–H and O–H groups in total. The largest absolute Gasteiger partial charge is 0.491 e. The average Bonchev–Trinajstić information content (AvgIpc) is 2.67. The normalized spacial score (nSPS) is 23.3. The van der Waals surface area contributed by atoms with Crippen LogP contribution < -0.4 is 15.2 Å². The van der Waals surface area contributed by atoms with Gasteiger partial charge in [-0.2, -0.15) is 0 Å². The first-order valence-electron chi connectivity index (χ1n) is 9.14. The van der Waals surface area contributed by atoms with Gasteiger partial charge < -0.3 is 15.2 Å². The monoisotopic (exact) mass is 356 g/mol. The lowest BCUT2D eigenvalue weighted by Gasteiger charge is -2.37. The lowest BCUT2D eigenvalue weighted by atomic mass is 9.93. The zero-order chi connectivity index (χ0) is 18.1. The van der Waals surface area contributed by atoms with E-state index in [-0.39, 0.29) is 11.9 Å². The molecule has 138 valence electrons. The van der Waals surface area contributed by atoms with E-state index >= 15 is 0 Å². The quantitative estimate of drug-likeness (QED) is 0.893. The summed E-state index contributed by atoms with van der Waals surface area (Å²) >= 11 is 0. The van der Waals surface area contributed by atoms with Crippen LogP contribution >= 0.6 is 0 Å². The number of nitrogens with two attached hydrogens (primary N) is 1. The first-order chi connectivity index (χ1) is 12.7. The van der Waals surface area contributed by atoms with Crippen LogP contribution in [0.5, 0.6) is 11.6 Å². The van der Waals surface area contributed by atoms with Crippen molar-refractivity contribution in [1.29, 1.82) is 0 Å². The molecule has 2 aliphatic heterocycles. The third-order valence-electron chi connectivity index (χ3n) is 5.36. The number of aromatic nitrogens is 2. The van der Waals surface area contributed by atoms with Crippen LogP contribution in [-0.2, 0) is 11.2 Å². The van der Waals surface area contributed by atoms with E-state index in [1.165, 1.54) is 0 Å². The number of carbonyl (C=O) groups excluding carboxylic acids is 1. The first-order valence-corrected chi connectivity index (χ1v) is 9.14. The Hall–Kier alpha value is -2.41. The molecule has 7 nitrogen and oxygen atoms in total. The molecule has 0 aromatic carbocycles. The van der Waals surface area contributed by atoms with Gasteiger partial charge in [-0.3, -0.25) is 14.7 Å². The fraction of sp³-hybridized carbons (Fsp3) is 0.526. The number of ether oxygens (including phenoxy) is 2. The number of methoxy groups -OCH3 is 1. The molecule has 2 unspecified atom stereocenters. The van der Waals surface area contributed by atoms with Crippen LogP contribution in [0.2, 0.25) is 0 Å². The maximum absolute atomic E-state index is 11.8. The molecular weight excluding hydrogens is 332 g/mol. The third-order valence-corrected chi connectivity index (χ3v) is 5.36. The van der Waals surface area contributed by atoms with Crippen molar-refractivity contribution in [3.63, 3.8) is 0 Å². The van der Waals surface area contributed by atoms with Crippen LogP contribution in [0, 0.1) is 5.92 Å². The predicted octanol–water partition coefficient (Wildman–Crippen LogP) is 1.53. The average molecular weight is 356 g/mol. The Morgan fingerprint density at radius 2 is 2.31 bits per heavy atom. The van der Waals surface area contributed by atoms with Gasteiger partial charge in [0.2, 0.25) is 11.8 Å². The Morgan fingerprint density at radius 3 is 3.12 bits per heavy atom. The van der Waals surface area contributed by atoms with Gasteiger partial charge in [0.25, 0.3) is 0 Å². The summed E-state index contributed by atoms with van der Waals surface area (Å²) in [6.07, 6.45) is 5.64. The molecule has 26 heavy (non-hydrogen) atoms. The van der Waals surface area contributed by atoms with Crippen LogP contribution in [-0.4, -0.2) is 53.6 Å². The molecule has 4 heterocycles. The summed E-state index contributed by atoms with van der Waals surface area (Å²) in [6.45, 7) is 2.34. The van der Waals surface area contributed by atoms with Crippen LogP contribution in [0.15, 0.2) is 18.3 Å². The van der Waals surface area contributed by atoms with E-state index in [0.29, 0.717) is 18.4 Å². The second kappa shape index (κ2) is 7.07. The summed E-state index contributed by atoms with van der Waals surface area (Å²) in [5.41, 5.74) is 8.33. The molecule has 1 saturated heterocycles. The van der Waals surface area contributed by atoms with E-state index in [9.17, 15) is 4.79 Å². The second-order valence-corrected chi connectivity index (χ2v) is 7.11. The smallest absolute Gasteiger partial charge is 0.234 e. The van der Waals surface area contributed by atoms with Crippen LogP contribution in [0.3, 0.4) is 0 Å². The van der Waals surface area contributed by atoms with Gasteiger partial charge in [-0.15, -0.1) is 0 Å². The number of nitrogens with zero attached hydrogens (tertiary/aromatic N) is 3. The van der Waals surface area contributed by atoms with Gasteiger partial charge in [0, 0.05) is 24.1 Å². The standard InChI is InChI=1S/C19H24N4O3/c1-25-17-6-5-14-18(22-17)13-8-12(11-26-16(13)9-21-14)10-23-7-3-2-4-15(23)19(20)24/h5-6,9,12,15H,2-4,7-8,10-11H2,1H3,(H2,20,24). The second-order valence-electron chi connectivity index (χ2n) is 7.11. The summed E-state index contributed by atoms with van der Waals surface area (Å²) in [4.78, 5) is 23.0. The van der Waals surface area contributed by atoms with Crippen LogP contribution in [0.1, 0.15) is 24.8 Å². The molecule has 1 fully saturated rings. The van der Waals surface area contributed by atoms with Gasteiger partial charge in [-0.25, -0.2) is 4.98 Å². The molecule has 1 amide bonds. The summed E-state index contributed by atoms with van der Waals surface area (Å²) in [7, 11) is 1.61. The maximum Gasteiger partial charge on any atom is 0.234 e. The molecule has 0 aliphatic carbocycles. The molecule has 0 saturated carbocycles. The number of primary amides is 1. The van der Waals surface area contributed by atoms with Crippen molar-refractivity contribution < 1.29 is 14.3 Å². The molecule has 4 rings (SSSR count). The van der Waals surface area contributed by atoms with Crippen molar-refractivity contribution in [2.75, 3.05) is 26.8 Å². The summed E-state index contributed by atoms with van der Waals surface area (Å²) in [5, 5.41) is 0. The highest BCUT2D eigenvalue weighted by atomic mass is 16.5. The Labute approximate surface area is 152 Å². The highest BCUT2D eigenvalue weighted by molar-refractivity contribution is 5.81. The molecule has 0 spiro atoms. The van der Waals surface area contributed by atoms with Gasteiger partial charge in [-0.1, -0.05) is 6.42 Å². The van der Waals surface area contributed by atoms with E-state index in [0.717, 1.165) is 61.1 Å². The summed E-state index contributed by atoms with van der Waals surface area (Å²) in [5.74, 6) is 1.43. The van der Waals surface area contributed by atoms with E-state index in [1.807, 2.05) is 12.1 Å². The van der Waals surface area contributed by atoms with E-state index in [1.54, 1.807) is 13.3 Å². The van der Waals surface area contributed by atoms with Crippen molar-refractivity contribution in [2.24, 2.45) is 11.7 Å². The number of amides is 1. The number of likely N-dealkylation sites (tertiary alicyclic amines) is 1. The number of fused-ring (bicyclic) bond motifs is 3. The fourth-order valence-corrected chi connectivity index (χ4v) is 4.05. The number of hydrogen-bond acceptors (Lipinski definition) is 6. The van der Waals surface area contributed by atoms with Crippen molar-refractivity contribution >= 4 is 16.9 Å². The number of piperidine rings is 1. The minimum Gasteiger partial charge on any atom is -0.491 e. The topological polar surface area (TPSA) is 90.6 Å². The Kier molecular flexibility index (Phi) is 4.63. The number of hydrogen-bond donors (Lipinski definition) is 1. The van der Waals surface area contributed by atoms with Gasteiger partial charge in [-0.05, 0) is 31.9 Å². The molecule has 0 radical (unpaired) electrons. The first kappa shape index (κ1) is 17.0. The van der Waals surface area contributed by atoms with Gasteiger partial charge in [0.05, 0.1) is 37.0 Å². The zero-order valence-electron chi connectivity index (χ0n) is 15.0. The van der Waals surface area contributed by atoms with Crippen LogP contribution in [0.25, 0.3) is 11.0 Å². The molecule has 0 bridgehead atoms. The fourth-order valence-electron chi connectivity index (χ4n) is 4.05. The molecule has 2 aromatic rings. The van der Waals surface area contributed by atoms with Crippen molar-refractivity contribution in [2.45, 2.75) is 31.7 Å². The molecule has 2 atom stereocenters.